The van der Waals surface area contributed by atoms with Crippen molar-refractivity contribution >= 4 is 41.1 Å². The molecule has 2 aliphatic rings. The van der Waals surface area contributed by atoms with E-state index in [0.717, 1.165) is 32.1 Å². The average Bonchev–Trinajstić information content (AvgIpc) is 3.44. The third kappa shape index (κ3) is 6.26. The van der Waals surface area contributed by atoms with Crippen molar-refractivity contribution in [2.24, 2.45) is 5.92 Å². The van der Waals surface area contributed by atoms with E-state index in [9.17, 15) is 24.3 Å². The Hall–Kier alpha value is -3.41. The number of benzene rings is 1. The maximum absolute atomic E-state index is 15.1. The molecule has 2 aromatic rings. The molecule has 2 heterocycles. The standard InChI is InChI=1S/C27H34FN5O5S/c1-3-22(34)30-20(24(36)37)15-16-10-11-19(18(28)14-16)31-25(38)27(17-8-6-5-7-9-17)26(39-27)32-23(35)21-12-13-29-33(21)4-2/h10-14,17,20,26H,3-9,15H2,1-2H3,(H,30,34)(H,31,38)(H,32,35)(H,36,37)/t20-,26?,27+/m1/s1. The molecule has 0 radical (unpaired) electrons. The highest BCUT2D eigenvalue weighted by atomic mass is 32.2. The molecule has 2 fully saturated rings. The van der Waals surface area contributed by atoms with Crippen molar-refractivity contribution in [3.63, 3.8) is 0 Å². The molecular weight excluding hydrogens is 525 g/mol. The van der Waals surface area contributed by atoms with Crippen LogP contribution in [0, 0.1) is 11.7 Å². The Morgan fingerprint density at radius 1 is 1.18 bits per heavy atom. The number of carbonyl (C=O) groups excluding carboxylic acids is 3. The van der Waals surface area contributed by atoms with Crippen molar-refractivity contribution in [2.45, 2.75) is 81.5 Å². The SMILES string of the molecule is CCC(=O)N[C@H](Cc1ccc(NC(=O)[C@]2(C3CCCCC3)SC2NC(=O)c2ccnn2CC)c(F)c1)C(=O)O. The van der Waals surface area contributed by atoms with E-state index in [0.29, 0.717) is 17.8 Å². The third-order valence-corrected chi connectivity index (χ3v) is 9.01. The van der Waals surface area contributed by atoms with Crippen LogP contribution in [0.3, 0.4) is 0 Å². The van der Waals surface area contributed by atoms with Crippen molar-refractivity contribution in [3.05, 3.63) is 47.5 Å². The normalized spacial score (nSPS) is 21.6. The lowest BCUT2D eigenvalue weighted by molar-refractivity contribution is -0.141. The maximum atomic E-state index is 15.1. The molecule has 210 valence electrons. The first-order valence-electron chi connectivity index (χ1n) is 13.3. The summed E-state index contributed by atoms with van der Waals surface area (Å²) < 4.78 is 15.8. The van der Waals surface area contributed by atoms with Gasteiger partial charge in [-0.1, -0.05) is 32.3 Å². The Kier molecular flexibility index (Phi) is 8.94. The van der Waals surface area contributed by atoms with Crippen molar-refractivity contribution < 1.29 is 28.7 Å². The summed E-state index contributed by atoms with van der Waals surface area (Å²) in [5, 5.41) is 21.2. The molecule has 1 unspecified atom stereocenters. The maximum Gasteiger partial charge on any atom is 0.326 e. The van der Waals surface area contributed by atoms with Crippen LogP contribution in [0.5, 0.6) is 0 Å². The lowest BCUT2D eigenvalue weighted by atomic mass is 9.79. The summed E-state index contributed by atoms with van der Waals surface area (Å²) in [6.45, 7) is 4.04. The van der Waals surface area contributed by atoms with E-state index in [1.165, 1.54) is 30.0 Å². The monoisotopic (exact) mass is 559 g/mol. The van der Waals surface area contributed by atoms with Crippen molar-refractivity contribution in [1.82, 2.24) is 20.4 Å². The number of hydrogen-bond acceptors (Lipinski definition) is 6. The van der Waals surface area contributed by atoms with Gasteiger partial charge in [-0.3, -0.25) is 19.1 Å². The van der Waals surface area contributed by atoms with Crippen LogP contribution < -0.4 is 16.0 Å². The number of aryl methyl sites for hydroxylation is 1. The number of anilines is 1. The highest BCUT2D eigenvalue weighted by Crippen LogP contribution is 2.60. The molecule has 39 heavy (non-hydrogen) atoms. The van der Waals surface area contributed by atoms with Crippen molar-refractivity contribution in [2.75, 3.05) is 5.32 Å². The number of halogens is 1. The van der Waals surface area contributed by atoms with Gasteiger partial charge in [-0.2, -0.15) is 5.10 Å². The van der Waals surface area contributed by atoms with Gasteiger partial charge >= 0.3 is 5.97 Å². The predicted octanol–water partition coefficient (Wildman–Crippen LogP) is 3.32. The summed E-state index contributed by atoms with van der Waals surface area (Å²) in [6, 6.07) is 4.54. The molecule has 10 nitrogen and oxygen atoms in total. The summed E-state index contributed by atoms with van der Waals surface area (Å²) in [4.78, 5) is 49.8. The number of nitrogens with one attached hydrogen (secondary N) is 3. The lowest BCUT2D eigenvalue weighted by Gasteiger charge is -2.29. The summed E-state index contributed by atoms with van der Waals surface area (Å²) in [5.74, 6) is -2.97. The fourth-order valence-corrected chi connectivity index (χ4v) is 6.64. The van der Waals surface area contributed by atoms with Crippen LogP contribution in [-0.2, 0) is 27.3 Å². The van der Waals surface area contributed by atoms with Gasteiger partial charge in [0.15, 0.2) is 0 Å². The topological polar surface area (TPSA) is 142 Å². The molecule has 4 rings (SSSR count). The van der Waals surface area contributed by atoms with E-state index in [1.54, 1.807) is 23.9 Å². The fraction of sp³-hybridized carbons (Fsp3) is 0.519. The zero-order chi connectivity index (χ0) is 28.2. The number of aliphatic carboxylic acids is 1. The number of carboxylic acid groups (broad SMARTS) is 1. The molecule has 1 aromatic heterocycles. The van der Waals surface area contributed by atoms with Gasteiger partial charge in [-0.05, 0) is 49.4 Å². The van der Waals surface area contributed by atoms with E-state index in [-0.39, 0.29) is 36.3 Å². The zero-order valence-corrected chi connectivity index (χ0v) is 22.9. The molecule has 1 saturated heterocycles. The Bertz CT molecular complexity index is 1250. The van der Waals surface area contributed by atoms with Gasteiger partial charge in [0.1, 0.15) is 27.7 Å². The number of carbonyl (C=O) groups is 4. The predicted molar refractivity (Wildman–Crippen MR) is 145 cm³/mol. The summed E-state index contributed by atoms with van der Waals surface area (Å²) in [7, 11) is 0. The Labute approximate surface area is 230 Å². The van der Waals surface area contributed by atoms with Gasteiger partial charge in [0.25, 0.3) is 5.91 Å². The number of amides is 3. The second-order valence-corrected chi connectivity index (χ2v) is 11.3. The van der Waals surface area contributed by atoms with E-state index in [4.69, 9.17) is 0 Å². The minimum Gasteiger partial charge on any atom is -0.480 e. The van der Waals surface area contributed by atoms with Crippen LogP contribution in [0.1, 0.15) is 68.4 Å². The van der Waals surface area contributed by atoms with Crippen LogP contribution in [-0.4, -0.2) is 54.7 Å². The number of hydrogen-bond donors (Lipinski definition) is 4. The number of rotatable bonds is 11. The van der Waals surface area contributed by atoms with E-state index in [2.05, 4.69) is 21.0 Å². The summed E-state index contributed by atoms with van der Waals surface area (Å²) in [6.07, 6.45) is 6.37. The van der Waals surface area contributed by atoms with Crippen LogP contribution in [0.2, 0.25) is 0 Å². The molecule has 12 heteroatoms. The molecule has 3 amide bonds. The van der Waals surface area contributed by atoms with Gasteiger partial charge in [-0.15, -0.1) is 11.8 Å². The molecule has 0 spiro atoms. The Morgan fingerprint density at radius 2 is 1.92 bits per heavy atom. The fourth-order valence-electron chi connectivity index (χ4n) is 5.21. The molecule has 0 bridgehead atoms. The Balaban J connectivity index is 1.48. The number of aromatic nitrogens is 2. The third-order valence-electron chi connectivity index (χ3n) is 7.40. The smallest absolute Gasteiger partial charge is 0.326 e. The van der Waals surface area contributed by atoms with E-state index < -0.39 is 33.9 Å². The van der Waals surface area contributed by atoms with E-state index >= 15 is 4.39 Å². The number of carboxylic acids is 1. The molecule has 1 aliphatic heterocycles. The number of thioether (sulfide) groups is 1. The van der Waals surface area contributed by atoms with Crippen molar-refractivity contribution in [3.8, 4) is 0 Å². The van der Waals surface area contributed by atoms with Crippen LogP contribution in [0.25, 0.3) is 0 Å². The molecule has 3 atom stereocenters. The Morgan fingerprint density at radius 3 is 2.56 bits per heavy atom. The zero-order valence-electron chi connectivity index (χ0n) is 22.0. The minimum absolute atomic E-state index is 0.0231. The molecule has 1 aliphatic carbocycles. The summed E-state index contributed by atoms with van der Waals surface area (Å²) >= 11 is 1.38. The van der Waals surface area contributed by atoms with Gasteiger partial charge in [0.05, 0.1) is 5.69 Å². The first kappa shape index (κ1) is 28.6. The van der Waals surface area contributed by atoms with Gasteiger partial charge < -0.3 is 21.1 Å². The molecular formula is C27H34FN5O5S. The van der Waals surface area contributed by atoms with E-state index in [1.807, 2.05) is 6.92 Å². The highest BCUT2D eigenvalue weighted by molar-refractivity contribution is 8.09. The average molecular weight is 560 g/mol. The van der Waals surface area contributed by atoms with Crippen molar-refractivity contribution in [1.29, 1.82) is 0 Å². The number of nitrogens with zero attached hydrogens (tertiary/aromatic N) is 2. The first-order chi connectivity index (χ1) is 18.7. The molecule has 1 saturated carbocycles. The molecule has 4 N–H and O–H groups in total. The van der Waals surface area contributed by atoms with Gasteiger partial charge in [-0.25, -0.2) is 9.18 Å². The molecule has 1 aromatic carbocycles. The van der Waals surface area contributed by atoms with Crippen LogP contribution in [0.15, 0.2) is 30.5 Å². The minimum atomic E-state index is -1.22. The largest absolute Gasteiger partial charge is 0.480 e. The second-order valence-electron chi connectivity index (χ2n) is 9.92. The van der Waals surface area contributed by atoms with Gasteiger partial charge in [0, 0.05) is 25.6 Å². The first-order valence-corrected chi connectivity index (χ1v) is 14.2. The van der Waals surface area contributed by atoms with Crippen LogP contribution >= 0.6 is 11.8 Å². The lowest BCUT2D eigenvalue weighted by Crippen LogP contribution is -2.45. The quantitative estimate of drug-likeness (QED) is 0.309. The highest BCUT2D eigenvalue weighted by Gasteiger charge is 2.66. The van der Waals surface area contributed by atoms with Crippen LogP contribution in [0.4, 0.5) is 10.1 Å². The second kappa shape index (κ2) is 12.2. The summed E-state index contributed by atoms with van der Waals surface area (Å²) in [5.41, 5.74) is 0.763. The van der Waals surface area contributed by atoms with Gasteiger partial charge in [0.2, 0.25) is 11.8 Å².